The minimum absolute atomic E-state index is 0.362. The maximum absolute atomic E-state index is 12.4. The summed E-state index contributed by atoms with van der Waals surface area (Å²) in [5.41, 5.74) is -0.147. The number of halogens is 2. The fourth-order valence-electron chi connectivity index (χ4n) is 1.57. The Kier molecular flexibility index (Phi) is 5.88. The van der Waals surface area contributed by atoms with Crippen molar-refractivity contribution in [1.29, 1.82) is 0 Å². The summed E-state index contributed by atoms with van der Waals surface area (Å²) in [5.74, 6) is -2.44. The molecule has 0 unspecified atom stereocenters. The fourth-order valence-corrected chi connectivity index (χ4v) is 2.19. The molecule has 0 saturated carbocycles. The Morgan fingerprint density at radius 1 is 1.28 bits per heavy atom. The van der Waals surface area contributed by atoms with Crippen LogP contribution in [0.5, 0.6) is 0 Å². The van der Waals surface area contributed by atoms with E-state index in [0.717, 1.165) is 0 Å². The molecule has 102 valence electrons. The lowest BCUT2D eigenvalue weighted by Crippen LogP contribution is -2.35. The topological polar surface area (TPSA) is 32.3 Å². The standard InChI is InChI=1S/C13H19F2NOS/c1-3-13(17,4-2)9-16-10-7-5-6-8-11(10)18-12(14)15/h5-8,12,16-17H,3-4,9H2,1-2H3. The Labute approximate surface area is 111 Å². The molecule has 0 amide bonds. The van der Waals surface area contributed by atoms with Gasteiger partial charge in [-0.1, -0.05) is 37.7 Å². The first-order chi connectivity index (χ1) is 8.50. The molecular weight excluding hydrogens is 256 g/mol. The number of hydrogen-bond donors (Lipinski definition) is 2. The van der Waals surface area contributed by atoms with E-state index in [-0.39, 0.29) is 0 Å². The number of anilines is 1. The Bertz CT molecular complexity index is 370. The molecule has 0 heterocycles. The van der Waals surface area contributed by atoms with E-state index in [1.165, 1.54) is 0 Å². The van der Waals surface area contributed by atoms with Gasteiger partial charge < -0.3 is 10.4 Å². The minimum atomic E-state index is -2.44. The maximum atomic E-state index is 12.4. The molecule has 5 heteroatoms. The van der Waals surface area contributed by atoms with E-state index in [9.17, 15) is 13.9 Å². The molecule has 0 bridgehead atoms. The summed E-state index contributed by atoms with van der Waals surface area (Å²) in [5, 5.41) is 13.2. The molecule has 0 atom stereocenters. The highest BCUT2D eigenvalue weighted by atomic mass is 32.2. The first kappa shape index (κ1) is 15.2. The van der Waals surface area contributed by atoms with Gasteiger partial charge in [0.2, 0.25) is 0 Å². The first-order valence-electron chi connectivity index (χ1n) is 6.01. The maximum Gasteiger partial charge on any atom is 0.288 e. The van der Waals surface area contributed by atoms with Gasteiger partial charge in [0.05, 0.1) is 5.60 Å². The molecule has 1 rings (SSSR count). The van der Waals surface area contributed by atoms with Crippen LogP contribution in [-0.2, 0) is 0 Å². The van der Waals surface area contributed by atoms with Gasteiger partial charge in [-0.3, -0.25) is 0 Å². The molecule has 1 aromatic carbocycles. The van der Waals surface area contributed by atoms with Crippen LogP contribution in [0.25, 0.3) is 0 Å². The number of aliphatic hydroxyl groups is 1. The normalized spacial score (nSPS) is 11.9. The number of para-hydroxylation sites is 1. The zero-order chi connectivity index (χ0) is 13.6. The van der Waals surface area contributed by atoms with Gasteiger partial charge in [-0.15, -0.1) is 0 Å². The highest BCUT2D eigenvalue weighted by Gasteiger charge is 2.22. The number of benzene rings is 1. The number of thioether (sulfide) groups is 1. The molecule has 0 radical (unpaired) electrons. The third kappa shape index (κ3) is 4.46. The van der Waals surface area contributed by atoms with Gasteiger partial charge in [-0.25, -0.2) is 0 Å². The summed E-state index contributed by atoms with van der Waals surface area (Å²) < 4.78 is 24.8. The van der Waals surface area contributed by atoms with Crippen LogP contribution in [0.2, 0.25) is 0 Å². The zero-order valence-electron chi connectivity index (χ0n) is 10.6. The van der Waals surface area contributed by atoms with Crippen LogP contribution >= 0.6 is 11.8 Å². The molecule has 2 nitrogen and oxygen atoms in total. The van der Waals surface area contributed by atoms with Crippen LogP contribution < -0.4 is 5.32 Å². The summed E-state index contributed by atoms with van der Waals surface area (Å²) in [7, 11) is 0. The van der Waals surface area contributed by atoms with Crippen molar-refractivity contribution in [3.63, 3.8) is 0 Å². The highest BCUT2D eigenvalue weighted by molar-refractivity contribution is 7.99. The first-order valence-corrected chi connectivity index (χ1v) is 6.89. The van der Waals surface area contributed by atoms with Crippen molar-refractivity contribution in [3.05, 3.63) is 24.3 Å². The second kappa shape index (κ2) is 6.95. The van der Waals surface area contributed by atoms with Crippen molar-refractivity contribution in [1.82, 2.24) is 0 Å². The number of alkyl halides is 2. The Balaban J connectivity index is 2.72. The summed E-state index contributed by atoms with van der Waals surface area (Å²) in [4.78, 5) is 0.502. The molecule has 0 aliphatic carbocycles. The van der Waals surface area contributed by atoms with Crippen molar-refractivity contribution < 1.29 is 13.9 Å². The van der Waals surface area contributed by atoms with Crippen LogP contribution in [0.1, 0.15) is 26.7 Å². The Hall–Kier alpha value is -0.810. The van der Waals surface area contributed by atoms with Gasteiger partial charge in [0, 0.05) is 17.1 Å². The fraction of sp³-hybridized carbons (Fsp3) is 0.538. The molecular formula is C13H19F2NOS. The number of nitrogens with one attached hydrogen (secondary N) is 1. The Morgan fingerprint density at radius 3 is 2.44 bits per heavy atom. The Morgan fingerprint density at radius 2 is 1.89 bits per heavy atom. The quantitative estimate of drug-likeness (QED) is 0.739. The molecule has 0 aliphatic heterocycles. The van der Waals surface area contributed by atoms with Crippen LogP contribution in [0.15, 0.2) is 29.2 Å². The SMILES string of the molecule is CCC(O)(CC)CNc1ccccc1SC(F)F. The lowest BCUT2D eigenvalue weighted by atomic mass is 9.97. The van der Waals surface area contributed by atoms with Crippen LogP contribution in [0.4, 0.5) is 14.5 Å². The van der Waals surface area contributed by atoms with Crippen LogP contribution in [-0.4, -0.2) is 23.0 Å². The second-order valence-electron chi connectivity index (χ2n) is 4.16. The third-order valence-corrected chi connectivity index (χ3v) is 3.82. The summed E-state index contributed by atoms with van der Waals surface area (Å²) in [6.07, 6.45) is 1.25. The number of hydrogen-bond acceptors (Lipinski definition) is 3. The second-order valence-corrected chi connectivity index (χ2v) is 5.19. The molecule has 18 heavy (non-hydrogen) atoms. The zero-order valence-corrected chi connectivity index (χ0v) is 11.4. The monoisotopic (exact) mass is 275 g/mol. The van der Waals surface area contributed by atoms with Crippen molar-refractivity contribution in [2.75, 3.05) is 11.9 Å². The third-order valence-electron chi connectivity index (χ3n) is 3.03. The van der Waals surface area contributed by atoms with Crippen LogP contribution in [0, 0.1) is 0 Å². The van der Waals surface area contributed by atoms with Crippen molar-refractivity contribution in [2.24, 2.45) is 0 Å². The van der Waals surface area contributed by atoms with E-state index < -0.39 is 11.4 Å². The molecule has 0 spiro atoms. The smallest absolute Gasteiger partial charge is 0.288 e. The summed E-state index contributed by atoms with van der Waals surface area (Å²) in [6, 6.07) is 6.91. The average Bonchev–Trinajstić information content (AvgIpc) is 2.37. The van der Waals surface area contributed by atoms with Gasteiger partial charge in [-0.2, -0.15) is 8.78 Å². The van der Waals surface area contributed by atoms with Crippen molar-refractivity contribution >= 4 is 17.4 Å². The predicted molar refractivity (Wildman–Crippen MR) is 72.3 cm³/mol. The van der Waals surface area contributed by atoms with Gasteiger partial charge in [0.25, 0.3) is 5.76 Å². The van der Waals surface area contributed by atoms with Gasteiger partial charge in [-0.05, 0) is 25.0 Å². The summed E-state index contributed by atoms with van der Waals surface area (Å²) in [6.45, 7) is 4.18. The lowest BCUT2D eigenvalue weighted by molar-refractivity contribution is 0.0456. The average molecular weight is 275 g/mol. The van der Waals surface area contributed by atoms with Gasteiger partial charge in [0.15, 0.2) is 0 Å². The van der Waals surface area contributed by atoms with E-state index in [1.807, 2.05) is 13.8 Å². The van der Waals surface area contributed by atoms with Gasteiger partial charge in [0.1, 0.15) is 0 Å². The van der Waals surface area contributed by atoms with E-state index in [4.69, 9.17) is 0 Å². The predicted octanol–water partition coefficient (Wildman–Crippen LogP) is 3.96. The van der Waals surface area contributed by atoms with E-state index in [1.54, 1.807) is 24.3 Å². The minimum Gasteiger partial charge on any atom is -0.388 e. The van der Waals surface area contributed by atoms with E-state index in [2.05, 4.69) is 5.32 Å². The van der Waals surface area contributed by atoms with E-state index in [0.29, 0.717) is 41.7 Å². The van der Waals surface area contributed by atoms with Gasteiger partial charge >= 0.3 is 0 Å². The largest absolute Gasteiger partial charge is 0.388 e. The van der Waals surface area contributed by atoms with Crippen LogP contribution in [0.3, 0.4) is 0 Å². The van der Waals surface area contributed by atoms with Crippen molar-refractivity contribution in [3.8, 4) is 0 Å². The van der Waals surface area contributed by atoms with E-state index >= 15 is 0 Å². The van der Waals surface area contributed by atoms with Crippen molar-refractivity contribution in [2.45, 2.75) is 42.9 Å². The number of rotatable bonds is 7. The molecule has 0 saturated heterocycles. The molecule has 0 aromatic heterocycles. The lowest BCUT2D eigenvalue weighted by Gasteiger charge is -2.26. The highest BCUT2D eigenvalue weighted by Crippen LogP contribution is 2.32. The molecule has 0 aliphatic rings. The molecule has 1 aromatic rings. The molecule has 0 fully saturated rings. The summed E-state index contributed by atoms with van der Waals surface area (Å²) >= 11 is 0.513. The molecule has 2 N–H and O–H groups in total.